The lowest BCUT2D eigenvalue weighted by Gasteiger charge is -2.17. The van der Waals surface area contributed by atoms with E-state index in [0.717, 1.165) is 0 Å². The molecule has 0 aliphatic heterocycles. The topological polar surface area (TPSA) is 76.4 Å². The van der Waals surface area contributed by atoms with Crippen LogP contribution in [0.5, 0.6) is 0 Å². The van der Waals surface area contributed by atoms with Crippen LogP contribution in [0.25, 0.3) is 0 Å². The first-order valence-corrected chi connectivity index (χ1v) is 9.40. The Balaban J connectivity index is 1.87. The number of benzene rings is 2. The van der Waals surface area contributed by atoms with Gasteiger partial charge in [0.15, 0.2) is 9.84 Å². The van der Waals surface area contributed by atoms with E-state index < -0.39 is 26.8 Å². The molecule has 26 heavy (non-hydrogen) atoms. The molecular weight excluding hydrogens is 357 g/mol. The number of sulfone groups is 1. The second-order valence-electron chi connectivity index (χ2n) is 5.55. The standard InChI is InChI=1S/C19H16FNO4S/c20-16-10-5-4-9-15(16)19(22)21-13-18(17-11-6-12-25-17)26(23,24)14-7-2-1-3-8-14/h1-12,18H,13H2,(H,21,22)/t18-/m1/s1. The summed E-state index contributed by atoms with van der Waals surface area (Å²) < 4.78 is 44.9. The molecule has 7 heteroatoms. The van der Waals surface area contributed by atoms with Crippen LogP contribution >= 0.6 is 0 Å². The Morgan fingerprint density at radius 3 is 2.35 bits per heavy atom. The number of hydrogen-bond donors (Lipinski definition) is 1. The largest absolute Gasteiger partial charge is 0.468 e. The van der Waals surface area contributed by atoms with Gasteiger partial charge in [-0.25, -0.2) is 12.8 Å². The van der Waals surface area contributed by atoms with Gasteiger partial charge in [-0.15, -0.1) is 0 Å². The lowest BCUT2D eigenvalue weighted by Crippen LogP contribution is -2.32. The maximum absolute atomic E-state index is 13.7. The van der Waals surface area contributed by atoms with Gasteiger partial charge in [0.25, 0.3) is 5.91 Å². The monoisotopic (exact) mass is 373 g/mol. The van der Waals surface area contributed by atoms with Crippen molar-refractivity contribution < 1.29 is 22.0 Å². The van der Waals surface area contributed by atoms with Crippen LogP contribution in [0.3, 0.4) is 0 Å². The zero-order valence-electron chi connectivity index (χ0n) is 13.6. The Kier molecular flexibility index (Phi) is 5.18. The zero-order valence-corrected chi connectivity index (χ0v) is 14.4. The van der Waals surface area contributed by atoms with Crippen molar-refractivity contribution in [2.75, 3.05) is 6.54 Å². The highest BCUT2D eigenvalue weighted by atomic mass is 32.2. The molecule has 1 heterocycles. The smallest absolute Gasteiger partial charge is 0.254 e. The Morgan fingerprint density at radius 1 is 1.00 bits per heavy atom. The number of nitrogens with one attached hydrogen (secondary N) is 1. The fourth-order valence-electron chi connectivity index (χ4n) is 2.54. The number of carbonyl (C=O) groups excluding carboxylic acids is 1. The van der Waals surface area contributed by atoms with Gasteiger partial charge in [0, 0.05) is 6.54 Å². The molecule has 3 rings (SSSR count). The molecule has 0 saturated heterocycles. The first-order chi connectivity index (χ1) is 12.5. The van der Waals surface area contributed by atoms with Gasteiger partial charge in [-0.05, 0) is 36.4 Å². The molecule has 1 amide bonds. The Hall–Kier alpha value is -2.93. The van der Waals surface area contributed by atoms with Gasteiger partial charge >= 0.3 is 0 Å². The molecule has 0 fully saturated rings. The normalized spacial score (nSPS) is 12.5. The van der Waals surface area contributed by atoms with Gasteiger partial charge in [-0.2, -0.15) is 0 Å². The summed E-state index contributed by atoms with van der Waals surface area (Å²) >= 11 is 0. The predicted molar refractivity (Wildman–Crippen MR) is 93.8 cm³/mol. The number of furan rings is 1. The van der Waals surface area contributed by atoms with Gasteiger partial charge in [0.05, 0.1) is 16.7 Å². The van der Waals surface area contributed by atoms with Crippen molar-refractivity contribution >= 4 is 15.7 Å². The van der Waals surface area contributed by atoms with Gasteiger partial charge in [-0.3, -0.25) is 4.79 Å². The molecule has 1 aromatic heterocycles. The lowest BCUT2D eigenvalue weighted by molar-refractivity contribution is 0.0949. The third-order valence-electron chi connectivity index (χ3n) is 3.87. The average Bonchev–Trinajstić information content (AvgIpc) is 3.17. The minimum atomic E-state index is -3.81. The molecule has 3 aromatic rings. The summed E-state index contributed by atoms with van der Waals surface area (Å²) in [6.45, 7) is -0.252. The summed E-state index contributed by atoms with van der Waals surface area (Å²) in [5, 5.41) is 1.36. The fourth-order valence-corrected chi connectivity index (χ4v) is 4.15. The van der Waals surface area contributed by atoms with Gasteiger partial charge in [0.2, 0.25) is 0 Å². The van der Waals surface area contributed by atoms with Crippen molar-refractivity contribution in [2.24, 2.45) is 0 Å². The van der Waals surface area contributed by atoms with Crippen molar-refractivity contribution in [3.63, 3.8) is 0 Å². The van der Waals surface area contributed by atoms with Crippen LogP contribution in [0.2, 0.25) is 0 Å². The highest BCUT2D eigenvalue weighted by Gasteiger charge is 2.32. The lowest BCUT2D eigenvalue weighted by atomic mass is 10.2. The quantitative estimate of drug-likeness (QED) is 0.719. The van der Waals surface area contributed by atoms with E-state index >= 15 is 0 Å². The first kappa shape index (κ1) is 17.9. The Morgan fingerprint density at radius 2 is 1.69 bits per heavy atom. The molecule has 134 valence electrons. The molecule has 2 aromatic carbocycles. The minimum Gasteiger partial charge on any atom is -0.468 e. The maximum Gasteiger partial charge on any atom is 0.254 e. The summed E-state index contributed by atoms with van der Waals surface area (Å²) in [6, 6.07) is 16.5. The average molecular weight is 373 g/mol. The molecule has 0 aliphatic rings. The van der Waals surface area contributed by atoms with Gasteiger partial charge < -0.3 is 9.73 Å². The zero-order chi connectivity index (χ0) is 18.6. The number of halogens is 1. The molecule has 1 N–H and O–H groups in total. The molecular formula is C19H16FNO4S. The highest BCUT2D eigenvalue weighted by Crippen LogP contribution is 2.28. The molecule has 0 aliphatic carbocycles. The van der Waals surface area contributed by atoms with E-state index in [0.29, 0.717) is 0 Å². The summed E-state index contributed by atoms with van der Waals surface area (Å²) in [5.74, 6) is -1.17. The maximum atomic E-state index is 13.7. The predicted octanol–water partition coefficient (Wildman–Crippen LogP) is 3.36. The third-order valence-corrected chi connectivity index (χ3v) is 5.95. The molecule has 5 nitrogen and oxygen atoms in total. The number of hydrogen-bond acceptors (Lipinski definition) is 4. The van der Waals surface area contributed by atoms with Crippen LogP contribution in [0.4, 0.5) is 4.39 Å². The van der Waals surface area contributed by atoms with E-state index in [9.17, 15) is 17.6 Å². The highest BCUT2D eigenvalue weighted by molar-refractivity contribution is 7.91. The van der Waals surface area contributed by atoms with E-state index in [-0.39, 0.29) is 22.8 Å². The van der Waals surface area contributed by atoms with Crippen molar-refractivity contribution in [2.45, 2.75) is 10.1 Å². The summed E-state index contributed by atoms with van der Waals surface area (Å²) in [4.78, 5) is 12.3. The van der Waals surface area contributed by atoms with Crippen molar-refractivity contribution in [1.82, 2.24) is 5.32 Å². The van der Waals surface area contributed by atoms with Crippen LogP contribution < -0.4 is 5.32 Å². The summed E-state index contributed by atoms with van der Waals surface area (Å²) in [7, 11) is -3.81. The van der Waals surface area contributed by atoms with Crippen LogP contribution in [0.1, 0.15) is 21.4 Å². The van der Waals surface area contributed by atoms with Crippen molar-refractivity contribution in [3.8, 4) is 0 Å². The van der Waals surface area contributed by atoms with Crippen molar-refractivity contribution in [1.29, 1.82) is 0 Å². The molecule has 0 unspecified atom stereocenters. The molecule has 0 saturated carbocycles. The number of carbonyl (C=O) groups is 1. The van der Waals surface area contributed by atoms with Crippen molar-refractivity contribution in [3.05, 3.63) is 90.1 Å². The van der Waals surface area contributed by atoms with E-state index in [1.807, 2.05) is 0 Å². The molecule has 1 atom stereocenters. The van der Waals surface area contributed by atoms with Crippen LogP contribution in [-0.4, -0.2) is 20.9 Å². The third kappa shape index (κ3) is 3.67. The summed E-state index contributed by atoms with van der Waals surface area (Å²) in [6.07, 6.45) is 1.36. The van der Waals surface area contributed by atoms with E-state index in [4.69, 9.17) is 4.42 Å². The second kappa shape index (κ2) is 7.53. The number of amides is 1. The van der Waals surface area contributed by atoms with E-state index in [1.165, 1.54) is 48.7 Å². The van der Waals surface area contributed by atoms with Crippen LogP contribution in [0.15, 0.2) is 82.3 Å². The second-order valence-corrected chi connectivity index (χ2v) is 7.68. The Bertz CT molecular complexity index is 985. The molecule has 0 radical (unpaired) electrons. The first-order valence-electron chi connectivity index (χ1n) is 7.85. The van der Waals surface area contributed by atoms with Gasteiger partial charge in [0.1, 0.15) is 16.8 Å². The van der Waals surface area contributed by atoms with E-state index in [1.54, 1.807) is 24.3 Å². The van der Waals surface area contributed by atoms with Crippen LogP contribution in [-0.2, 0) is 9.84 Å². The van der Waals surface area contributed by atoms with Gasteiger partial charge in [-0.1, -0.05) is 30.3 Å². The minimum absolute atomic E-state index is 0.113. The fraction of sp³-hybridized carbons (Fsp3) is 0.105. The van der Waals surface area contributed by atoms with E-state index in [2.05, 4.69) is 5.32 Å². The Labute approximate surface area is 150 Å². The van der Waals surface area contributed by atoms with Crippen LogP contribution in [0, 0.1) is 5.82 Å². The molecule has 0 bridgehead atoms. The summed E-state index contributed by atoms with van der Waals surface area (Å²) in [5.41, 5.74) is -0.150. The number of rotatable bonds is 6. The molecule has 0 spiro atoms. The SMILES string of the molecule is O=C(NC[C@H](c1ccco1)S(=O)(=O)c1ccccc1)c1ccccc1F.